The molecule has 31 heavy (non-hydrogen) atoms. The van der Waals surface area contributed by atoms with Gasteiger partial charge in [0.2, 0.25) is 15.9 Å². The molecule has 166 valence electrons. The summed E-state index contributed by atoms with van der Waals surface area (Å²) in [6, 6.07) is 9.44. The van der Waals surface area contributed by atoms with Crippen molar-refractivity contribution >= 4 is 32.7 Å². The normalized spacial score (nSPS) is 19.7. The molecule has 2 amide bonds. The van der Waals surface area contributed by atoms with E-state index in [0.717, 1.165) is 22.9 Å². The fraction of sp³-hybridized carbons (Fsp3) is 0.476. The fourth-order valence-electron chi connectivity index (χ4n) is 4.05. The van der Waals surface area contributed by atoms with E-state index in [9.17, 15) is 18.0 Å². The number of para-hydroxylation sites is 1. The fourth-order valence-corrected chi connectivity index (χ4v) is 4.44. The summed E-state index contributed by atoms with van der Waals surface area (Å²) in [4.78, 5) is 33.8. The van der Waals surface area contributed by atoms with Crippen LogP contribution in [0.5, 0.6) is 0 Å². The number of ether oxygens (including phenoxy) is 1. The number of carbonyl (C=O) groups is 2. The highest BCUT2D eigenvalue weighted by molar-refractivity contribution is 7.88. The first kappa shape index (κ1) is 21.7. The van der Waals surface area contributed by atoms with Crippen molar-refractivity contribution in [3.05, 3.63) is 41.6 Å². The van der Waals surface area contributed by atoms with Crippen molar-refractivity contribution in [2.24, 2.45) is 0 Å². The summed E-state index contributed by atoms with van der Waals surface area (Å²) < 4.78 is 30.1. The van der Waals surface area contributed by atoms with Gasteiger partial charge in [-0.1, -0.05) is 18.2 Å². The summed E-state index contributed by atoms with van der Waals surface area (Å²) in [5.74, 6) is -0.312. The molecule has 0 aliphatic carbocycles. The summed E-state index contributed by atoms with van der Waals surface area (Å²) in [5.41, 5.74) is 2.15. The lowest BCUT2D eigenvalue weighted by Crippen LogP contribution is -2.40. The Labute approximate surface area is 181 Å². The third-order valence-corrected chi connectivity index (χ3v) is 6.38. The van der Waals surface area contributed by atoms with Gasteiger partial charge in [-0.05, 0) is 18.6 Å². The molecule has 1 aromatic heterocycles. The van der Waals surface area contributed by atoms with E-state index in [1.54, 1.807) is 9.80 Å². The molecule has 2 aliphatic rings. The first-order valence-corrected chi connectivity index (χ1v) is 12.2. The Bertz CT molecular complexity index is 1100. The Morgan fingerprint density at radius 1 is 1.16 bits per heavy atom. The number of likely N-dealkylation sites (tertiary alicyclic amines) is 1. The van der Waals surface area contributed by atoms with Gasteiger partial charge in [-0.15, -0.1) is 0 Å². The Hall–Kier alpha value is -2.56. The molecule has 1 atom stereocenters. The van der Waals surface area contributed by atoms with Gasteiger partial charge in [-0.25, -0.2) is 13.1 Å². The van der Waals surface area contributed by atoms with E-state index in [4.69, 9.17) is 9.72 Å². The van der Waals surface area contributed by atoms with Crippen LogP contribution in [0.1, 0.15) is 28.4 Å². The summed E-state index contributed by atoms with van der Waals surface area (Å²) in [5, 5.41) is 0.811. The Kier molecular flexibility index (Phi) is 6.22. The van der Waals surface area contributed by atoms with E-state index < -0.39 is 10.0 Å². The van der Waals surface area contributed by atoms with E-state index in [-0.39, 0.29) is 24.3 Å². The second-order valence-electron chi connectivity index (χ2n) is 7.94. The highest BCUT2D eigenvalue weighted by Crippen LogP contribution is 2.30. The Morgan fingerprint density at radius 2 is 1.90 bits per heavy atom. The molecular formula is C21H26N4O5S. The first-order chi connectivity index (χ1) is 14.8. The van der Waals surface area contributed by atoms with Gasteiger partial charge in [-0.2, -0.15) is 0 Å². The van der Waals surface area contributed by atoms with Gasteiger partial charge in [0.05, 0.1) is 37.1 Å². The lowest BCUT2D eigenvalue weighted by molar-refractivity contribution is -0.128. The number of aromatic nitrogens is 1. The smallest absolute Gasteiger partial charge is 0.254 e. The van der Waals surface area contributed by atoms with Gasteiger partial charge in [0, 0.05) is 43.2 Å². The van der Waals surface area contributed by atoms with E-state index in [0.29, 0.717) is 51.4 Å². The SMILES string of the molecule is CS(=O)(=O)NCC(=O)N1CC[C@H](c2cc(C(=O)N3CCOCC3)c3ccccc3n2)C1. The van der Waals surface area contributed by atoms with Gasteiger partial charge in [-0.3, -0.25) is 14.6 Å². The lowest BCUT2D eigenvalue weighted by atomic mass is 9.99. The van der Waals surface area contributed by atoms with E-state index in [2.05, 4.69) is 4.72 Å². The minimum Gasteiger partial charge on any atom is -0.378 e. The van der Waals surface area contributed by atoms with Crippen LogP contribution in [0.4, 0.5) is 0 Å². The van der Waals surface area contributed by atoms with Gasteiger partial charge in [0.15, 0.2) is 0 Å². The van der Waals surface area contributed by atoms with E-state index in [1.165, 1.54) is 0 Å². The molecule has 9 nitrogen and oxygen atoms in total. The van der Waals surface area contributed by atoms with Crippen molar-refractivity contribution in [2.45, 2.75) is 12.3 Å². The molecule has 0 radical (unpaired) electrons. The number of nitrogens with one attached hydrogen (secondary N) is 1. The summed E-state index contributed by atoms with van der Waals surface area (Å²) >= 11 is 0. The van der Waals surface area contributed by atoms with Crippen molar-refractivity contribution in [1.82, 2.24) is 19.5 Å². The van der Waals surface area contributed by atoms with E-state index in [1.807, 2.05) is 30.3 Å². The number of morpholine rings is 1. The van der Waals surface area contributed by atoms with Crippen molar-refractivity contribution < 1.29 is 22.7 Å². The number of benzene rings is 1. The number of amides is 2. The van der Waals surface area contributed by atoms with Gasteiger partial charge >= 0.3 is 0 Å². The number of pyridine rings is 1. The van der Waals surface area contributed by atoms with Crippen LogP contribution >= 0.6 is 0 Å². The lowest BCUT2D eigenvalue weighted by Gasteiger charge is -2.27. The minimum absolute atomic E-state index is 0.0111. The predicted molar refractivity (Wildman–Crippen MR) is 115 cm³/mol. The standard InChI is InChI=1S/C21H26N4O5S/c1-31(28,29)22-13-20(26)25-7-6-15(14-25)19-12-17(16-4-2-3-5-18(16)23-19)21(27)24-8-10-30-11-9-24/h2-5,12,15,22H,6-11,13-14H2,1H3/t15-/m0/s1. The molecule has 3 heterocycles. The predicted octanol–water partition coefficient (Wildman–Crippen LogP) is 0.572. The van der Waals surface area contributed by atoms with Gasteiger partial charge in [0.25, 0.3) is 5.91 Å². The second-order valence-corrected chi connectivity index (χ2v) is 9.77. The minimum atomic E-state index is -3.43. The number of rotatable bonds is 5. The molecule has 0 spiro atoms. The average molecular weight is 447 g/mol. The first-order valence-electron chi connectivity index (χ1n) is 10.3. The summed E-state index contributed by atoms with van der Waals surface area (Å²) in [6.45, 7) is 2.90. The molecule has 1 N–H and O–H groups in total. The largest absolute Gasteiger partial charge is 0.378 e. The highest BCUT2D eigenvalue weighted by Gasteiger charge is 2.30. The zero-order valence-corrected chi connectivity index (χ0v) is 18.2. The van der Waals surface area contributed by atoms with Crippen LogP contribution in [-0.4, -0.2) is 87.2 Å². The van der Waals surface area contributed by atoms with Crippen LogP contribution in [0.2, 0.25) is 0 Å². The third kappa shape index (κ3) is 5.03. The topological polar surface area (TPSA) is 109 Å². The average Bonchev–Trinajstić information content (AvgIpc) is 3.27. The molecule has 0 bridgehead atoms. The maximum Gasteiger partial charge on any atom is 0.254 e. The zero-order valence-electron chi connectivity index (χ0n) is 17.4. The zero-order chi connectivity index (χ0) is 22.0. The second kappa shape index (κ2) is 8.89. The highest BCUT2D eigenvalue weighted by atomic mass is 32.2. The number of nitrogens with zero attached hydrogens (tertiary/aromatic N) is 3. The molecule has 2 aliphatic heterocycles. The molecule has 0 saturated carbocycles. The van der Waals surface area contributed by atoms with Crippen molar-refractivity contribution in [3.63, 3.8) is 0 Å². The monoisotopic (exact) mass is 446 g/mol. The van der Waals surface area contributed by atoms with Crippen LogP contribution < -0.4 is 4.72 Å². The van der Waals surface area contributed by atoms with Crippen molar-refractivity contribution in [1.29, 1.82) is 0 Å². The molecule has 2 saturated heterocycles. The number of hydrogen-bond acceptors (Lipinski definition) is 6. The van der Waals surface area contributed by atoms with Crippen LogP contribution in [-0.2, 0) is 19.6 Å². The Morgan fingerprint density at radius 3 is 2.65 bits per heavy atom. The molecule has 4 rings (SSSR count). The van der Waals surface area contributed by atoms with Gasteiger partial charge in [0.1, 0.15) is 0 Å². The molecule has 0 unspecified atom stereocenters. The molecule has 2 fully saturated rings. The van der Waals surface area contributed by atoms with Crippen LogP contribution in [0, 0.1) is 0 Å². The van der Waals surface area contributed by atoms with Crippen LogP contribution in [0.3, 0.4) is 0 Å². The summed E-state index contributed by atoms with van der Waals surface area (Å²) in [6.07, 6.45) is 1.74. The van der Waals surface area contributed by atoms with Crippen molar-refractivity contribution in [2.75, 3.05) is 52.2 Å². The molecular weight excluding hydrogens is 420 g/mol. The molecule has 10 heteroatoms. The Balaban J connectivity index is 1.57. The number of sulfonamides is 1. The maximum atomic E-state index is 13.2. The van der Waals surface area contributed by atoms with Crippen LogP contribution in [0.25, 0.3) is 10.9 Å². The summed E-state index contributed by atoms with van der Waals surface area (Å²) in [7, 11) is -3.43. The van der Waals surface area contributed by atoms with Crippen LogP contribution in [0.15, 0.2) is 30.3 Å². The number of fused-ring (bicyclic) bond motifs is 1. The number of hydrogen-bond donors (Lipinski definition) is 1. The number of carbonyl (C=O) groups excluding carboxylic acids is 2. The van der Waals surface area contributed by atoms with Gasteiger partial charge < -0.3 is 14.5 Å². The van der Waals surface area contributed by atoms with Crippen molar-refractivity contribution in [3.8, 4) is 0 Å². The quantitative estimate of drug-likeness (QED) is 0.719. The molecule has 1 aromatic carbocycles. The molecule has 2 aromatic rings. The maximum absolute atomic E-state index is 13.2. The van der Waals surface area contributed by atoms with E-state index >= 15 is 0 Å². The third-order valence-electron chi connectivity index (χ3n) is 5.71.